The largest absolute Gasteiger partial charge is 0.390 e. The minimum absolute atomic E-state index is 0.124. The van der Waals surface area contributed by atoms with E-state index in [1.54, 1.807) is 6.07 Å². The fourth-order valence-corrected chi connectivity index (χ4v) is 1.46. The van der Waals surface area contributed by atoms with Crippen LogP contribution in [-0.2, 0) is 4.74 Å². The van der Waals surface area contributed by atoms with Gasteiger partial charge < -0.3 is 14.9 Å². The summed E-state index contributed by atoms with van der Waals surface area (Å²) in [4.78, 5) is 0. The lowest BCUT2D eigenvalue weighted by Gasteiger charge is -2.13. The Labute approximate surface area is 57.6 Å². The summed E-state index contributed by atoms with van der Waals surface area (Å²) >= 11 is 0. The van der Waals surface area contributed by atoms with Crippen LogP contribution in [0.3, 0.4) is 0 Å². The number of hydrogen-bond acceptors (Lipinski definition) is 4. The van der Waals surface area contributed by atoms with Gasteiger partial charge in [-0.1, -0.05) is 0 Å². The number of hydrogen-bond donors (Lipinski definition) is 2. The summed E-state index contributed by atoms with van der Waals surface area (Å²) in [6.45, 7) is 0. The second-order valence-corrected chi connectivity index (χ2v) is 2.83. The van der Waals surface area contributed by atoms with Crippen LogP contribution in [0, 0.1) is 11.3 Å². The highest BCUT2D eigenvalue weighted by atomic mass is 16.6. The van der Waals surface area contributed by atoms with Crippen LogP contribution in [0.5, 0.6) is 0 Å². The molecule has 54 valence electrons. The van der Waals surface area contributed by atoms with Crippen LogP contribution in [0.4, 0.5) is 0 Å². The maximum absolute atomic E-state index is 9.33. The molecule has 4 heteroatoms. The second kappa shape index (κ2) is 1.51. The van der Waals surface area contributed by atoms with Gasteiger partial charge in [-0.25, -0.2) is 0 Å². The van der Waals surface area contributed by atoms with Crippen molar-refractivity contribution in [2.24, 2.45) is 0 Å². The highest BCUT2D eigenvalue weighted by Gasteiger charge is 2.65. The number of epoxide rings is 1. The summed E-state index contributed by atoms with van der Waals surface area (Å²) in [5, 5.41) is 26.9. The molecular weight excluding hydrogens is 134 g/mol. The van der Waals surface area contributed by atoms with Crippen LogP contribution in [0.1, 0.15) is 6.42 Å². The van der Waals surface area contributed by atoms with Crippen molar-refractivity contribution in [3.8, 4) is 6.07 Å². The van der Waals surface area contributed by atoms with Gasteiger partial charge >= 0.3 is 0 Å². The van der Waals surface area contributed by atoms with E-state index in [2.05, 4.69) is 0 Å². The molecule has 0 amide bonds. The Hall–Kier alpha value is -0.630. The molecule has 2 aliphatic rings. The topological polar surface area (TPSA) is 76.8 Å². The summed E-state index contributed by atoms with van der Waals surface area (Å²) in [5.74, 6) is 0. The van der Waals surface area contributed by atoms with E-state index in [4.69, 9.17) is 15.1 Å². The van der Waals surface area contributed by atoms with E-state index in [9.17, 15) is 5.11 Å². The van der Waals surface area contributed by atoms with Gasteiger partial charge in [-0.2, -0.15) is 5.26 Å². The van der Waals surface area contributed by atoms with Crippen molar-refractivity contribution < 1.29 is 14.9 Å². The Bertz CT molecular complexity index is 212. The van der Waals surface area contributed by atoms with Gasteiger partial charge in [0.25, 0.3) is 0 Å². The Morgan fingerprint density at radius 2 is 2.40 bits per heavy atom. The monoisotopic (exact) mass is 141 g/mol. The molecule has 10 heavy (non-hydrogen) atoms. The molecule has 1 saturated carbocycles. The van der Waals surface area contributed by atoms with E-state index in [1.165, 1.54) is 0 Å². The predicted octanol–water partition coefficient (Wildman–Crippen LogP) is -1.23. The van der Waals surface area contributed by atoms with Crippen LogP contribution in [0.15, 0.2) is 0 Å². The molecule has 0 aromatic heterocycles. The molecule has 0 aromatic carbocycles. The fourth-order valence-electron chi connectivity index (χ4n) is 1.46. The predicted molar refractivity (Wildman–Crippen MR) is 29.8 cm³/mol. The summed E-state index contributed by atoms with van der Waals surface area (Å²) in [6.07, 6.45) is -1.26. The van der Waals surface area contributed by atoms with Crippen molar-refractivity contribution in [2.45, 2.75) is 30.3 Å². The lowest BCUT2D eigenvalue weighted by atomic mass is 10.0. The van der Waals surface area contributed by atoms with Gasteiger partial charge in [0, 0.05) is 6.42 Å². The molecule has 0 unspecified atom stereocenters. The minimum Gasteiger partial charge on any atom is -0.390 e. The van der Waals surface area contributed by atoms with E-state index in [0.717, 1.165) is 0 Å². The molecule has 1 aliphatic heterocycles. The molecule has 0 aromatic rings. The fraction of sp³-hybridized carbons (Fsp3) is 0.833. The number of rotatable bonds is 0. The van der Waals surface area contributed by atoms with Crippen LogP contribution in [0.2, 0.25) is 0 Å². The van der Waals surface area contributed by atoms with Gasteiger partial charge in [-0.15, -0.1) is 0 Å². The SMILES string of the molecule is N#C[C@@]1(O)C[C@H](O)[C@@H]2O[C@@H]21. The molecule has 4 nitrogen and oxygen atoms in total. The van der Waals surface area contributed by atoms with E-state index in [0.29, 0.717) is 0 Å². The van der Waals surface area contributed by atoms with Gasteiger partial charge in [0.1, 0.15) is 18.3 Å². The number of fused-ring (bicyclic) bond motifs is 1. The maximum Gasteiger partial charge on any atom is 0.182 e. The third-order valence-electron chi connectivity index (χ3n) is 2.09. The zero-order valence-corrected chi connectivity index (χ0v) is 5.19. The van der Waals surface area contributed by atoms with Gasteiger partial charge in [0.05, 0.1) is 6.10 Å². The molecule has 2 fully saturated rings. The normalized spacial score (nSPS) is 57.5. The summed E-state index contributed by atoms with van der Waals surface area (Å²) < 4.78 is 4.85. The van der Waals surface area contributed by atoms with Gasteiger partial charge in [0.2, 0.25) is 0 Å². The average molecular weight is 141 g/mol. The number of aliphatic hydroxyl groups is 2. The van der Waals surface area contributed by atoms with Crippen molar-refractivity contribution in [3.05, 3.63) is 0 Å². The number of ether oxygens (including phenoxy) is 1. The molecule has 2 rings (SSSR count). The molecule has 1 saturated heterocycles. The number of aliphatic hydroxyl groups excluding tert-OH is 1. The van der Waals surface area contributed by atoms with Crippen molar-refractivity contribution in [3.63, 3.8) is 0 Å². The molecule has 0 bridgehead atoms. The Morgan fingerprint density at radius 1 is 1.70 bits per heavy atom. The zero-order valence-electron chi connectivity index (χ0n) is 5.19. The third kappa shape index (κ3) is 0.548. The van der Waals surface area contributed by atoms with Crippen molar-refractivity contribution >= 4 is 0 Å². The summed E-state index contributed by atoms with van der Waals surface area (Å²) in [7, 11) is 0. The van der Waals surface area contributed by atoms with Crippen molar-refractivity contribution in [1.29, 1.82) is 5.26 Å². The first-order valence-corrected chi connectivity index (χ1v) is 3.14. The average Bonchev–Trinajstić information content (AvgIpc) is 2.61. The smallest absolute Gasteiger partial charge is 0.182 e. The van der Waals surface area contributed by atoms with Gasteiger partial charge in [-0.3, -0.25) is 0 Å². The zero-order chi connectivity index (χ0) is 7.35. The molecule has 0 radical (unpaired) electrons. The highest BCUT2D eigenvalue weighted by molar-refractivity contribution is 5.22. The Balaban J connectivity index is 2.23. The lowest BCUT2D eigenvalue weighted by molar-refractivity contribution is 0.00916. The first-order chi connectivity index (χ1) is 4.67. The van der Waals surface area contributed by atoms with E-state index in [-0.39, 0.29) is 12.5 Å². The molecule has 2 N–H and O–H groups in total. The molecule has 1 heterocycles. The standard InChI is InChI=1S/C6H7NO3/c7-2-6(9)1-3(8)4-5(6)10-4/h3-5,8-9H,1H2/t3-,4-,5-,6-/m0/s1. The van der Waals surface area contributed by atoms with Crippen LogP contribution >= 0.6 is 0 Å². The summed E-state index contributed by atoms with van der Waals surface area (Å²) in [6, 6.07) is 1.73. The molecule has 0 spiro atoms. The second-order valence-electron chi connectivity index (χ2n) is 2.83. The van der Waals surface area contributed by atoms with Gasteiger partial charge in [-0.05, 0) is 0 Å². The molecule has 1 aliphatic carbocycles. The van der Waals surface area contributed by atoms with E-state index >= 15 is 0 Å². The maximum atomic E-state index is 9.33. The van der Waals surface area contributed by atoms with Crippen LogP contribution in [-0.4, -0.2) is 34.1 Å². The van der Waals surface area contributed by atoms with Crippen molar-refractivity contribution in [1.82, 2.24) is 0 Å². The highest BCUT2D eigenvalue weighted by Crippen LogP contribution is 2.45. The minimum atomic E-state index is -1.43. The first-order valence-electron chi connectivity index (χ1n) is 3.14. The summed E-state index contributed by atoms with van der Waals surface area (Å²) in [5.41, 5.74) is -1.43. The van der Waals surface area contributed by atoms with Crippen LogP contribution < -0.4 is 0 Å². The Kier molecular flexibility index (Phi) is 0.920. The van der Waals surface area contributed by atoms with Gasteiger partial charge in [0.15, 0.2) is 5.60 Å². The van der Waals surface area contributed by atoms with E-state index in [1.807, 2.05) is 0 Å². The third-order valence-corrected chi connectivity index (χ3v) is 2.09. The Morgan fingerprint density at radius 3 is 2.60 bits per heavy atom. The lowest BCUT2D eigenvalue weighted by Crippen LogP contribution is -2.31. The molecular formula is C6H7NO3. The first kappa shape index (κ1) is 6.10. The molecule has 4 atom stereocenters. The quantitative estimate of drug-likeness (QED) is 0.327. The van der Waals surface area contributed by atoms with Crippen LogP contribution in [0.25, 0.3) is 0 Å². The number of nitriles is 1. The van der Waals surface area contributed by atoms with Crippen molar-refractivity contribution in [2.75, 3.05) is 0 Å². The van der Waals surface area contributed by atoms with E-state index < -0.39 is 17.8 Å². The number of nitrogens with zero attached hydrogens (tertiary/aromatic N) is 1.